The third kappa shape index (κ3) is 3.22. The number of nitro benzene ring substituents is 1. The molecule has 112 valence electrons. The quantitative estimate of drug-likeness (QED) is 0.371. The fourth-order valence-corrected chi connectivity index (χ4v) is 2.60. The molecule has 1 aromatic rings. The molecule has 1 saturated heterocycles. The molecule has 0 radical (unpaired) electrons. The first-order valence-electron chi connectivity index (χ1n) is 6.24. The second-order valence-electron chi connectivity index (χ2n) is 4.62. The third-order valence-electron chi connectivity index (χ3n) is 3.24. The molecule has 21 heavy (non-hydrogen) atoms. The Morgan fingerprint density at radius 3 is 2.76 bits per heavy atom. The predicted octanol–water partition coefficient (Wildman–Crippen LogP) is 1.02. The zero-order valence-electron chi connectivity index (χ0n) is 11.0. The van der Waals surface area contributed by atoms with Crippen LogP contribution < -0.4 is 16.4 Å². The van der Waals surface area contributed by atoms with E-state index >= 15 is 0 Å². The number of hydrogen-bond acceptors (Lipinski definition) is 4. The molecule has 9 heteroatoms. The van der Waals surface area contributed by atoms with E-state index in [9.17, 15) is 14.9 Å². The fraction of sp³-hybridized carbons (Fsp3) is 0.333. The van der Waals surface area contributed by atoms with Gasteiger partial charge in [0.15, 0.2) is 5.96 Å². The van der Waals surface area contributed by atoms with E-state index in [1.165, 1.54) is 12.1 Å². The van der Waals surface area contributed by atoms with Gasteiger partial charge < -0.3 is 16.4 Å². The van der Waals surface area contributed by atoms with Crippen LogP contribution in [0.25, 0.3) is 0 Å². The second-order valence-corrected chi connectivity index (χ2v) is 5.03. The maximum absolute atomic E-state index is 12.0. The van der Waals surface area contributed by atoms with Gasteiger partial charge in [-0.2, -0.15) is 4.99 Å². The number of carbonyl (C=O) groups is 1. The Morgan fingerprint density at radius 1 is 1.48 bits per heavy atom. The van der Waals surface area contributed by atoms with Crippen molar-refractivity contribution in [1.29, 1.82) is 0 Å². The summed E-state index contributed by atoms with van der Waals surface area (Å²) in [4.78, 5) is 27.5. The number of nitrogens with zero attached hydrogens (tertiary/aromatic N) is 3. The molecular formula is C12H14ClN5O3. The molecule has 2 rings (SSSR count). The first kappa shape index (κ1) is 15.0. The Balaban J connectivity index is 2.28. The largest absolute Gasteiger partial charge is 0.370 e. The Labute approximate surface area is 125 Å². The molecular weight excluding hydrogens is 298 g/mol. The third-order valence-corrected chi connectivity index (χ3v) is 3.54. The van der Waals surface area contributed by atoms with Crippen molar-refractivity contribution < 1.29 is 9.72 Å². The summed E-state index contributed by atoms with van der Waals surface area (Å²) in [6.07, 6.45) is 1.41. The van der Waals surface area contributed by atoms with Crippen molar-refractivity contribution in [2.24, 2.45) is 16.5 Å². The van der Waals surface area contributed by atoms with E-state index < -0.39 is 16.9 Å². The van der Waals surface area contributed by atoms with Crippen molar-refractivity contribution >= 4 is 34.8 Å². The highest BCUT2D eigenvalue weighted by Gasteiger charge is 2.31. The number of guanidine groups is 1. The number of nitrogens with two attached hydrogens (primary N) is 2. The number of rotatable bonds is 3. The highest BCUT2D eigenvalue weighted by molar-refractivity contribution is 6.32. The van der Waals surface area contributed by atoms with Gasteiger partial charge in [0.2, 0.25) is 0 Å². The molecule has 1 fully saturated rings. The van der Waals surface area contributed by atoms with Crippen LogP contribution in [0.2, 0.25) is 5.02 Å². The molecule has 0 aromatic heterocycles. The van der Waals surface area contributed by atoms with E-state index in [1.807, 2.05) is 0 Å². The number of aliphatic imine (C=N–C) groups is 1. The first-order chi connectivity index (χ1) is 9.90. The Hall–Kier alpha value is -2.35. The number of hydrogen-bond donors (Lipinski definition) is 2. The predicted molar refractivity (Wildman–Crippen MR) is 79.3 cm³/mol. The minimum Gasteiger partial charge on any atom is -0.370 e. The highest BCUT2D eigenvalue weighted by atomic mass is 35.5. The summed E-state index contributed by atoms with van der Waals surface area (Å²) in [5.41, 5.74) is 10.9. The number of carbonyl (C=O) groups excluding carboxylic acids is 1. The summed E-state index contributed by atoms with van der Waals surface area (Å²) in [6.45, 7) is 0.630. The number of anilines is 1. The lowest BCUT2D eigenvalue weighted by Gasteiger charge is -2.24. The van der Waals surface area contributed by atoms with Gasteiger partial charge in [-0.05, 0) is 25.0 Å². The molecule has 4 N–H and O–H groups in total. The molecule has 1 aliphatic heterocycles. The average molecular weight is 312 g/mol. The van der Waals surface area contributed by atoms with Crippen LogP contribution in [0.1, 0.15) is 12.8 Å². The molecule has 0 unspecified atom stereocenters. The number of amides is 1. The number of nitro groups is 1. The summed E-state index contributed by atoms with van der Waals surface area (Å²) in [6, 6.07) is 3.87. The molecule has 1 amide bonds. The molecule has 0 saturated carbocycles. The Kier molecular flexibility index (Phi) is 4.27. The minimum atomic E-state index is -0.557. The Morgan fingerprint density at radius 2 is 2.19 bits per heavy atom. The van der Waals surface area contributed by atoms with Gasteiger partial charge >= 0.3 is 0 Å². The van der Waals surface area contributed by atoms with Crippen molar-refractivity contribution in [2.75, 3.05) is 11.4 Å². The van der Waals surface area contributed by atoms with Crippen LogP contribution in [0.4, 0.5) is 11.4 Å². The van der Waals surface area contributed by atoms with Gasteiger partial charge in [0, 0.05) is 18.3 Å². The van der Waals surface area contributed by atoms with Gasteiger partial charge in [0.25, 0.3) is 11.6 Å². The Bertz CT molecular complexity index is 615. The number of halogens is 1. The van der Waals surface area contributed by atoms with Crippen molar-refractivity contribution in [3.63, 3.8) is 0 Å². The normalized spacial score (nSPS) is 17.6. The van der Waals surface area contributed by atoms with Crippen LogP contribution in [0, 0.1) is 10.1 Å². The van der Waals surface area contributed by atoms with Gasteiger partial charge in [-0.15, -0.1) is 0 Å². The lowest BCUT2D eigenvalue weighted by Crippen LogP contribution is -2.37. The van der Waals surface area contributed by atoms with E-state index in [2.05, 4.69) is 4.99 Å². The molecule has 1 heterocycles. The average Bonchev–Trinajstić information content (AvgIpc) is 2.86. The standard InChI is InChI=1S/C12H14ClN5O3/c13-8-6-7(3-4-9(8)18(20)21)17-5-1-2-10(17)11(19)16-12(14)15/h3-4,6,10H,1-2,5H2,(H4,14,15,16,19)/t10-/m1/s1. The van der Waals surface area contributed by atoms with E-state index in [0.717, 1.165) is 6.42 Å². The van der Waals surface area contributed by atoms with Crippen LogP contribution in [0.5, 0.6) is 0 Å². The summed E-state index contributed by atoms with van der Waals surface area (Å²) in [7, 11) is 0. The van der Waals surface area contributed by atoms with Gasteiger partial charge in [-0.3, -0.25) is 14.9 Å². The van der Waals surface area contributed by atoms with Crippen LogP contribution in [-0.2, 0) is 4.79 Å². The molecule has 0 bridgehead atoms. The topological polar surface area (TPSA) is 128 Å². The van der Waals surface area contributed by atoms with Crippen LogP contribution >= 0.6 is 11.6 Å². The van der Waals surface area contributed by atoms with Gasteiger partial charge in [-0.25, -0.2) is 0 Å². The van der Waals surface area contributed by atoms with Crippen LogP contribution in [-0.4, -0.2) is 29.4 Å². The maximum atomic E-state index is 12.0. The van der Waals surface area contributed by atoms with Crippen LogP contribution in [0.15, 0.2) is 23.2 Å². The van der Waals surface area contributed by atoms with E-state index in [-0.39, 0.29) is 16.7 Å². The lowest BCUT2D eigenvalue weighted by atomic mass is 10.2. The molecule has 8 nitrogen and oxygen atoms in total. The van der Waals surface area contributed by atoms with Gasteiger partial charge in [0.1, 0.15) is 11.1 Å². The second kappa shape index (κ2) is 5.96. The van der Waals surface area contributed by atoms with E-state index in [1.54, 1.807) is 11.0 Å². The van der Waals surface area contributed by atoms with Crippen LogP contribution in [0.3, 0.4) is 0 Å². The fourth-order valence-electron chi connectivity index (χ4n) is 2.36. The van der Waals surface area contributed by atoms with E-state index in [0.29, 0.717) is 18.7 Å². The smallest absolute Gasteiger partial charge is 0.288 e. The molecule has 0 spiro atoms. The molecule has 1 aromatic carbocycles. The van der Waals surface area contributed by atoms with Gasteiger partial charge in [0.05, 0.1) is 4.92 Å². The van der Waals surface area contributed by atoms with E-state index in [4.69, 9.17) is 23.1 Å². The monoisotopic (exact) mass is 311 g/mol. The summed E-state index contributed by atoms with van der Waals surface area (Å²) < 4.78 is 0. The van der Waals surface area contributed by atoms with Gasteiger partial charge in [-0.1, -0.05) is 11.6 Å². The van der Waals surface area contributed by atoms with Crippen molar-refractivity contribution in [3.05, 3.63) is 33.3 Å². The zero-order chi connectivity index (χ0) is 15.6. The maximum Gasteiger partial charge on any atom is 0.288 e. The number of benzene rings is 1. The molecule has 1 aliphatic rings. The minimum absolute atomic E-state index is 0.0254. The van der Waals surface area contributed by atoms with Crippen molar-refractivity contribution in [1.82, 2.24) is 0 Å². The molecule has 0 aliphatic carbocycles. The summed E-state index contributed by atoms with van der Waals surface area (Å²) in [5, 5.41) is 10.8. The SMILES string of the molecule is NC(N)=NC(=O)[C@H]1CCCN1c1ccc([N+](=O)[O-])c(Cl)c1. The molecule has 1 atom stereocenters. The summed E-state index contributed by atoms with van der Waals surface area (Å²) >= 11 is 5.89. The highest BCUT2D eigenvalue weighted by Crippen LogP contribution is 2.32. The lowest BCUT2D eigenvalue weighted by molar-refractivity contribution is -0.384. The first-order valence-corrected chi connectivity index (χ1v) is 6.62. The van der Waals surface area contributed by atoms with Crippen molar-refractivity contribution in [3.8, 4) is 0 Å². The zero-order valence-corrected chi connectivity index (χ0v) is 11.8. The summed E-state index contributed by atoms with van der Waals surface area (Å²) in [5.74, 6) is -0.712. The van der Waals surface area contributed by atoms with Crippen molar-refractivity contribution in [2.45, 2.75) is 18.9 Å².